The van der Waals surface area contributed by atoms with Crippen molar-refractivity contribution >= 4 is 23.0 Å². The SMILES string of the molecule is CCc1nnc(NCC(F)F)c(C(N)=S)c1CC. The van der Waals surface area contributed by atoms with Crippen LogP contribution in [0.1, 0.15) is 30.7 Å². The van der Waals surface area contributed by atoms with Crippen molar-refractivity contribution in [1.82, 2.24) is 10.2 Å². The Labute approximate surface area is 110 Å². The van der Waals surface area contributed by atoms with Crippen molar-refractivity contribution in [2.24, 2.45) is 5.73 Å². The first-order valence-electron chi connectivity index (χ1n) is 5.71. The lowest BCUT2D eigenvalue weighted by Crippen LogP contribution is -2.21. The van der Waals surface area contributed by atoms with Gasteiger partial charge in [-0.15, -0.1) is 5.10 Å². The molecule has 1 aromatic rings. The monoisotopic (exact) mass is 274 g/mol. The Bertz CT molecular complexity index is 437. The van der Waals surface area contributed by atoms with Gasteiger partial charge in [0.2, 0.25) is 0 Å². The Balaban J connectivity index is 3.21. The second-order valence-electron chi connectivity index (χ2n) is 3.69. The van der Waals surface area contributed by atoms with Crippen LogP contribution in [0.5, 0.6) is 0 Å². The molecule has 18 heavy (non-hydrogen) atoms. The molecule has 4 nitrogen and oxygen atoms in total. The van der Waals surface area contributed by atoms with Crippen molar-refractivity contribution in [3.8, 4) is 0 Å². The van der Waals surface area contributed by atoms with Crippen LogP contribution in [-0.2, 0) is 12.8 Å². The predicted octanol–water partition coefficient (Wildman–Crippen LogP) is 1.91. The number of hydrogen-bond acceptors (Lipinski definition) is 4. The van der Waals surface area contributed by atoms with Crippen LogP contribution in [-0.4, -0.2) is 28.2 Å². The van der Waals surface area contributed by atoms with Crippen LogP contribution >= 0.6 is 12.2 Å². The number of hydrogen-bond donors (Lipinski definition) is 2. The van der Waals surface area contributed by atoms with Gasteiger partial charge in [-0.25, -0.2) is 8.78 Å². The summed E-state index contributed by atoms with van der Waals surface area (Å²) in [5.41, 5.74) is 7.85. The molecule has 1 aromatic heterocycles. The minimum absolute atomic E-state index is 0.146. The topological polar surface area (TPSA) is 63.8 Å². The highest BCUT2D eigenvalue weighted by atomic mass is 32.1. The minimum Gasteiger partial charge on any atom is -0.389 e. The quantitative estimate of drug-likeness (QED) is 0.776. The summed E-state index contributed by atoms with van der Waals surface area (Å²) in [5.74, 6) is 0.233. The zero-order valence-electron chi connectivity index (χ0n) is 10.3. The summed E-state index contributed by atoms with van der Waals surface area (Å²) < 4.78 is 24.4. The number of nitrogens with one attached hydrogen (secondary N) is 1. The van der Waals surface area contributed by atoms with Gasteiger partial charge < -0.3 is 11.1 Å². The number of aryl methyl sites for hydroxylation is 1. The van der Waals surface area contributed by atoms with Crippen LogP contribution in [0, 0.1) is 0 Å². The highest BCUT2D eigenvalue weighted by Gasteiger charge is 2.17. The van der Waals surface area contributed by atoms with E-state index in [4.69, 9.17) is 18.0 Å². The predicted molar refractivity (Wildman–Crippen MR) is 71.2 cm³/mol. The third-order valence-electron chi connectivity index (χ3n) is 2.52. The van der Waals surface area contributed by atoms with Crippen molar-refractivity contribution in [2.75, 3.05) is 11.9 Å². The van der Waals surface area contributed by atoms with E-state index in [1.807, 2.05) is 13.8 Å². The van der Waals surface area contributed by atoms with Gasteiger partial charge in [-0.05, 0) is 18.4 Å². The lowest BCUT2D eigenvalue weighted by atomic mass is 10.0. The average molecular weight is 274 g/mol. The number of rotatable bonds is 6. The fraction of sp³-hybridized carbons (Fsp3) is 0.545. The van der Waals surface area contributed by atoms with Gasteiger partial charge in [0.05, 0.1) is 17.8 Å². The Kier molecular flexibility index (Phi) is 5.33. The molecule has 0 aliphatic carbocycles. The first kappa shape index (κ1) is 14.7. The molecular formula is C11H16F2N4S. The Morgan fingerprint density at radius 3 is 2.44 bits per heavy atom. The number of alkyl halides is 2. The lowest BCUT2D eigenvalue weighted by molar-refractivity contribution is 0.163. The van der Waals surface area contributed by atoms with E-state index in [2.05, 4.69) is 15.5 Å². The molecule has 0 unspecified atom stereocenters. The van der Waals surface area contributed by atoms with Crippen LogP contribution < -0.4 is 11.1 Å². The number of anilines is 1. The maximum Gasteiger partial charge on any atom is 0.255 e. The molecule has 7 heteroatoms. The third kappa shape index (κ3) is 3.32. The molecule has 100 valence electrons. The summed E-state index contributed by atoms with van der Waals surface area (Å²) in [4.78, 5) is 0.146. The second-order valence-corrected chi connectivity index (χ2v) is 4.13. The van der Waals surface area contributed by atoms with E-state index in [9.17, 15) is 8.78 Å². The van der Waals surface area contributed by atoms with E-state index in [1.54, 1.807) is 0 Å². The summed E-state index contributed by atoms with van der Waals surface area (Å²) in [5, 5.41) is 10.4. The van der Waals surface area contributed by atoms with Gasteiger partial charge in [-0.1, -0.05) is 26.1 Å². The van der Waals surface area contributed by atoms with E-state index < -0.39 is 13.0 Å². The van der Waals surface area contributed by atoms with Gasteiger partial charge in [0.1, 0.15) is 4.99 Å². The van der Waals surface area contributed by atoms with E-state index in [1.165, 1.54) is 0 Å². The molecule has 0 saturated carbocycles. The minimum atomic E-state index is -2.47. The molecule has 0 saturated heterocycles. The molecular weight excluding hydrogens is 258 g/mol. The maximum absolute atomic E-state index is 12.2. The van der Waals surface area contributed by atoms with Gasteiger partial charge in [0.15, 0.2) is 5.82 Å². The van der Waals surface area contributed by atoms with Crippen LogP contribution in [0.15, 0.2) is 0 Å². The number of aromatic nitrogens is 2. The standard InChI is InChI=1S/C11H16F2N4S/c1-3-6-7(4-2)16-17-11(9(6)10(14)18)15-5-8(12)13/h8H,3-5H2,1-2H3,(H2,14,18)(H,15,17). The molecule has 0 radical (unpaired) electrons. The summed E-state index contributed by atoms with van der Waals surface area (Å²) in [6.07, 6.45) is -1.10. The van der Waals surface area contributed by atoms with Gasteiger partial charge in [0, 0.05) is 0 Å². The first-order valence-corrected chi connectivity index (χ1v) is 6.12. The zero-order valence-corrected chi connectivity index (χ0v) is 11.2. The van der Waals surface area contributed by atoms with Crippen molar-refractivity contribution in [2.45, 2.75) is 33.1 Å². The van der Waals surface area contributed by atoms with Crippen molar-refractivity contribution in [1.29, 1.82) is 0 Å². The summed E-state index contributed by atoms with van der Waals surface area (Å²) in [7, 11) is 0. The highest BCUT2D eigenvalue weighted by molar-refractivity contribution is 7.80. The molecule has 3 N–H and O–H groups in total. The van der Waals surface area contributed by atoms with Crippen molar-refractivity contribution in [3.05, 3.63) is 16.8 Å². The van der Waals surface area contributed by atoms with Crippen molar-refractivity contribution < 1.29 is 8.78 Å². The molecule has 1 heterocycles. The van der Waals surface area contributed by atoms with Crippen LogP contribution in [0.25, 0.3) is 0 Å². The number of nitrogens with zero attached hydrogens (tertiary/aromatic N) is 2. The van der Waals surface area contributed by atoms with Gasteiger partial charge in [-0.3, -0.25) is 0 Å². The molecule has 1 rings (SSSR count). The maximum atomic E-state index is 12.2. The van der Waals surface area contributed by atoms with Crippen molar-refractivity contribution in [3.63, 3.8) is 0 Å². The van der Waals surface area contributed by atoms with E-state index in [0.717, 1.165) is 11.3 Å². The normalized spacial score (nSPS) is 10.7. The van der Waals surface area contributed by atoms with Gasteiger partial charge >= 0.3 is 0 Å². The van der Waals surface area contributed by atoms with E-state index in [0.29, 0.717) is 18.4 Å². The van der Waals surface area contributed by atoms with Gasteiger partial charge in [-0.2, -0.15) is 5.10 Å². The lowest BCUT2D eigenvalue weighted by Gasteiger charge is -2.15. The molecule has 0 aromatic carbocycles. The van der Waals surface area contributed by atoms with Crippen LogP contribution in [0.4, 0.5) is 14.6 Å². The average Bonchev–Trinajstić information content (AvgIpc) is 2.34. The molecule has 0 aliphatic rings. The Morgan fingerprint density at radius 2 is 2.00 bits per heavy atom. The number of nitrogens with two attached hydrogens (primary N) is 1. The second kappa shape index (κ2) is 6.53. The molecule has 0 amide bonds. The van der Waals surface area contributed by atoms with Crippen LogP contribution in [0.2, 0.25) is 0 Å². The largest absolute Gasteiger partial charge is 0.389 e. The fourth-order valence-corrected chi connectivity index (χ4v) is 1.96. The van der Waals surface area contributed by atoms with Crippen LogP contribution in [0.3, 0.4) is 0 Å². The fourth-order valence-electron chi connectivity index (χ4n) is 1.74. The van der Waals surface area contributed by atoms with Gasteiger partial charge in [0.25, 0.3) is 6.43 Å². The molecule has 0 atom stereocenters. The molecule has 0 spiro atoms. The smallest absolute Gasteiger partial charge is 0.255 e. The zero-order chi connectivity index (χ0) is 13.7. The summed E-state index contributed by atoms with van der Waals surface area (Å²) in [6, 6.07) is 0. The first-order chi connectivity index (χ1) is 8.51. The molecule has 0 fully saturated rings. The molecule has 0 aliphatic heterocycles. The summed E-state index contributed by atoms with van der Waals surface area (Å²) >= 11 is 4.97. The Hall–Kier alpha value is -1.37. The van der Waals surface area contributed by atoms with E-state index in [-0.39, 0.29) is 10.8 Å². The number of thiocarbonyl (C=S) groups is 1. The highest BCUT2D eigenvalue weighted by Crippen LogP contribution is 2.21. The number of halogens is 2. The summed E-state index contributed by atoms with van der Waals surface area (Å²) in [6.45, 7) is 3.38. The van der Waals surface area contributed by atoms with E-state index >= 15 is 0 Å². The molecule has 0 bridgehead atoms. The third-order valence-corrected chi connectivity index (χ3v) is 2.72. The Morgan fingerprint density at radius 1 is 1.33 bits per heavy atom.